The molecule has 0 aromatic heterocycles. The zero-order valence-corrected chi connectivity index (χ0v) is 15.5. The van der Waals surface area contributed by atoms with Crippen molar-refractivity contribution in [2.24, 2.45) is 10.9 Å². The number of hydrogen-bond donors (Lipinski definition) is 0. The van der Waals surface area contributed by atoms with Crippen LogP contribution < -0.4 is 4.90 Å². The second kappa shape index (κ2) is 5.93. The molecular formula is C24H21N3O. The number of nitrogens with zero attached hydrogens (tertiary/aromatic N) is 3. The number of benzene rings is 3. The molecule has 0 spiro atoms. The van der Waals surface area contributed by atoms with Crippen LogP contribution in [0.5, 0.6) is 0 Å². The van der Waals surface area contributed by atoms with Crippen molar-refractivity contribution in [1.82, 2.24) is 4.90 Å². The minimum Gasteiger partial charge on any atom is -0.327 e. The Morgan fingerprint density at radius 3 is 2.50 bits per heavy atom. The van der Waals surface area contributed by atoms with Crippen molar-refractivity contribution in [3.63, 3.8) is 0 Å². The lowest BCUT2D eigenvalue weighted by Gasteiger charge is -2.28. The smallest absolute Gasteiger partial charge is 0.256 e. The van der Waals surface area contributed by atoms with E-state index in [1.54, 1.807) is 0 Å². The third kappa shape index (κ3) is 2.24. The summed E-state index contributed by atoms with van der Waals surface area (Å²) in [5.41, 5.74) is 1.80. The third-order valence-corrected chi connectivity index (χ3v) is 6.47. The third-order valence-electron chi connectivity index (χ3n) is 6.47. The van der Waals surface area contributed by atoms with E-state index >= 15 is 0 Å². The normalized spacial score (nSPS) is 27.2. The molecule has 28 heavy (non-hydrogen) atoms. The highest BCUT2D eigenvalue weighted by atomic mass is 16.2. The van der Waals surface area contributed by atoms with Gasteiger partial charge in [-0.05, 0) is 60.2 Å². The van der Waals surface area contributed by atoms with E-state index in [4.69, 9.17) is 4.99 Å². The van der Waals surface area contributed by atoms with Crippen LogP contribution in [0.25, 0.3) is 10.8 Å². The summed E-state index contributed by atoms with van der Waals surface area (Å²) in [7, 11) is 0. The predicted octanol–water partition coefficient (Wildman–Crippen LogP) is 4.73. The molecule has 3 fully saturated rings. The average molecular weight is 367 g/mol. The summed E-state index contributed by atoms with van der Waals surface area (Å²) in [5, 5.41) is 2.32. The van der Waals surface area contributed by atoms with Crippen molar-refractivity contribution in [1.29, 1.82) is 0 Å². The SMILES string of the molecule is O=C1[C@@H]2C3CCC(C3)N2C(=Nc2ccccc2)N1c1ccc2ccccc2c1. The molecule has 3 aromatic rings. The van der Waals surface area contributed by atoms with E-state index in [-0.39, 0.29) is 11.9 Å². The van der Waals surface area contributed by atoms with Crippen molar-refractivity contribution >= 4 is 34.0 Å². The van der Waals surface area contributed by atoms with Crippen LogP contribution in [0.15, 0.2) is 77.8 Å². The lowest BCUT2D eigenvalue weighted by molar-refractivity contribution is -0.120. The van der Waals surface area contributed by atoms with Crippen LogP contribution in [0, 0.1) is 5.92 Å². The van der Waals surface area contributed by atoms with Gasteiger partial charge in [0.05, 0.1) is 11.4 Å². The van der Waals surface area contributed by atoms with Crippen LogP contribution in [0.1, 0.15) is 19.3 Å². The fraction of sp³-hybridized carbons (Fsp3) is 0.250. The maximum atomic E-state index is 13.5. The van der Waals surface area contributed by atoms with Gasteiger partial charge in [0.2, 0.25) is 5.96 Å². The van der Waals surface area contributed by atoms with E-state index < -0.39 is 0 Å². The number of rotatable bonds is 2. The standard InChI is InChI=1S/C24H21N3O/c28-23-22-18-11-13-20(15-18)26(22)24(25-19-8-2-1-3-9-19)27(23)21-12-10-16-6-4-5-7-17(16)14-21/h1-10,12,14,18,20,22H,11,13,15H2/t18?,20?,22-/m0/s1. The first kappa shape index (κ1) is 15.9. The molecule has 4 heteroatoms. The van der Waals surface area contributed by atoms with Gasteiger partial charge in [-0.3, -0.25) is 4.79 Å². The van der Waals surface area contributed by atoms with E-state index in [0.29, 0.717) is 12.0 Å². The van der Waals surface area contributed by atoms with Gasteiger partial charge < -0.3 is 4.90 Å². The highest BCUT2D eigenvalue weighted by molar-refractivity contribution is 6.24. The van der Waals surface area contributed by atoms with E-state index in [0.717, 1.165) is 42.0 Å². The van der Waals surface area contributed by atoms with E-state index in [1.807, 2.05) is 53.4 Å². The summed E-state index contributed by atoms with van der Waals surface area (Å²) in [6.07, 6.45) is 3.44. The minimum atomic E-state index is -0.0484. The molecule has 2 unspecified atom stereocenters. The highest BCUT2D eigenvalue weighted by Crippen LogP contribution is 2.47. The van der Waals surface area contributed by atoms with Crippen molar-refractivity contribution in [3.8, 4) is 0 Å². The van der Waals surface area contributed by atoms with E-state index in [1.165, 1.54) is 5.39 Å². The molecule has 3 atom stereocenters. The van der Waals surface area contributed by atoms with Crippen molar-refractivity contribution in [2.45, 2.75) is 31.3 Å². The molecule has 3 aliphatic rings. The van der Waals surface area contributed by atoms with Gasteiger partial charge in [-0.2, -0.15) is 0 Å². The first-order valence-electron chi connectivity index (χ1n) is 10.0. The number of carbonyl (C=O) groups is 1. The number of carbonyl (C=O) groups excluding carboxylic acids is 1. The Bertz CT molecular complexity index is 1110. The zero-order valence-electron chi connectivity index (χ0n) is 15.5. The van der Waals surface area contributed by atoms with E-state index in [9.17, 15) is 4.79 Å². The number of aliphatic imine (C=N–C) groups is 1. The summed E-state index contributed by atoms with van der Waals surface area (Å²) in [4.78, 5) is 22.6. The lowest BCUT2D eigenvalue weighted by atomic mass is 9.99. The second-order valence-electron chi connectivity index (χ2n) is 8.03. The molecule has 138 valence electrons. The van der Waals surface area contributed by atoms with Crippen LogP contribution in [-0.2, 0) is 4.79 Å². The number of anilines is 1. The number of amides is 1. The molecule has 0 radical (unpaired) electrons. The molecule has 6 rings (SSSR count). The van der Waals surface area contributed by atoms with Crippen molar-refractivity contribution in [3.05, 3.63) is 72.8 Å². The van der Waals surface area contributed by atoms with Crippen LogP contribution in [0.2, 0.25) is 0 Å². The van der Waals surface area contributed by atoms with Crippen molar-refractivity contribution in [2.75, 3.05) is 4.90 Å². The second-order valence-corrected chi connectivity index (χ2v) is 8.03. The number of piperidine rings is 1. The van der Waals surface area contributed by atoms with Gasteiger partial charge in [-0.25, -0.2) is 9.89 Å². The molecule has 2 saturated heterocycles. The maximum absolute atomic E-state index is 13.5. The molecule has 0 N–H and O–H groups in total. The molecular weight excluding hydrogens is 346 g/mol. The monoisotopic (exact) mass is 367 g/mol. The molecule has 1 saturated carbocycles. The summed E-state index contributed by atoms with van der Waals surface area (Å²) >= 11 is 0. The van der Waals surface area contributed by atoms with Gasteiger partial charge >= 0.3 is 0 Å². The maximum Gasteiger partial charge on any atom is 0.256 e. The highest BCUT2D eigenvalue weighted by Gasteiger charge is 2.58. The summed E-state index contributed by atoms with van der Waals surface area (Å²) in [5.74, 6) is 1.43. The molecule has 1 amide bonds. The molecule has 4 nitrogen and oxygen atoms in total. The van der Waals surface area contributed by atoms with Crippen LogP contribution >= 0.6 is 0 Å². The zero-order chi connectivity index (χ0) is 18.7. The largest absolute Gasteiger partial charge is 0.327 e. The van der Waals surface area contributed by atoms with Crippen LogP contribution in [0.4, 0.5) is 11.4 Å². The Kier molecular flexibility index (Phi) is 3.36. The first-order chi connectivity index (χ1) is 13.8. The molecule has 2 aliphatic heterocycles. The van der Waals surface area contributed by atoms with Crippen LogP contribution in [-0.4, -0.2) is 28.9 Å². The van der Waals surface area contributed by atoms with Gasteiger partial charge in [0, 0.05) is 6.04 Å². The Morgan fingerprint density at radius 1 is 0.857 bits per heavy atom. The average Bonchev–Trinajstić information content (AvgIpc) is 3.42. The topological polar surface area (TPSA) is 35.9 Å². The lowest BCUT2D eigenvalue weighted by Crippen LogP contribution is -2.41. The molecule has 1 aliphatic carbocycles. The number of hydrogen-bond acceptors (Lipinski definition) is 2. The predicted molar refractivity (Wildman–Crippen MR) is 112 cm³/mol. The minimum absolute atomic E-state index is 0.0484. The Morgan fingerprint density at radius 2 is 1.64 bits per heavy atom. The van der Waals surface area contributed by atoms with Gasteiger partial charge in [0.1, 0.15) is 6.04 Å². The number of fused-ring (bicyclic) bond motifs is 6. The number of guanidine groups is 1. The van der Waals surface area contributed by atoms with Gasteiger partial charge in [0.15, 0.2) is 0 Å². The Hall–Kier alpha value is -3.14. The quantitative estimate of drug-likeness (QED) is 0.657. The molecule has 2 heterocycles. The summed E-state index contributed by atoms with van der Waals surface area (Å²) in [6, 6.07) is 24.9. The Labute approximate surface area is 164 Å². The van der Waals surface area contributed by atoms with E-state index in [2.05, 4.69) is 29.2 Å². The van der Waals surface area contributed by atoms with Gasteiger partial charge in [-0.15, -0.1) is 0 Å². The Balaban J connectivity index is 1.51. The molecule has 2 bridgehead atoms. The summed E-state index contributed by atoms with van der Waals surface area (Å²) in [6.45, 7) is 0. The summed E-state index contributed by atoms with van der Waals surface area (Å²) < 4.78 is 0. The van der Waals surface area contributed by atoms with Gasteiger partial charge in [-0.1, -0.05) is 48.5 Å². The van der Waals surface area contributed by atoms with Gasteiger partial charge in [0.25, 0.3) is 5.91 Å². The fourth-order valence-corrected chi connectivity index (χ4v) is 5.22. The van der Waals surface area contributed by atoms with Crippen molar-refractivity contribution < 1.29 is 4.79 Å². The number of para-hydroxylation sites is 1. The first-order valence-corrected chi connectivity index (χ1v) is 10.0. The van der Waals surface area contributed by atoms with Crippen LogP contribution in [0.3, 0.4) is 0 Å². The fourth-order valence-electron chi connectivity index (χ4n) is 5.22. The molecule has 3 aromatic carbocycles.